The van der Waals surface area contributed by atoms with Crippen LogP contribution in [0.25, 0.3) is 11.1 Å². The third-order valence-corrected chi connectivity index (χ3v) is 4.02. The van der Waals surface area contributed by atoms with Crippen LogP contribution in [0.2, 0.25) is 0 Å². The van der Waals surface area contributed by atoms with Gasteiger partial charge in [-0.25, -0.2) is 4.79 Å². The monoisotopic (exact) mass is 302 g/mol. The van der Waals surface area contributed by atoms with Crippen LogP contribution in [0.15, 0.2) is 30.3 Å². The minimum Gasteiger partial charge on any atom is -0.462 e. The first-order valence-electron chi connectivity index (χ1n) is 7.53. The fourth-order valence-corrected chi connectivity index (χ4v) is 2.73. The number of thiol groups is 1. The Labute approximate surface area is 132 Å². The van der Waals surface area contributed by atoms with Gasteiger partial charge in [0.2, 0.25) is 0 Å². The van der Waals surface area contributed by atoms with Crippen LogP contribution < -0.4 is 0 Å². The Morgan fingerprint density at radius 3 is 2.48 bits per heavy atom. The fourth-order valence-electron chi connectivity index (χ4n) is 2.52. The molecule has 112 valence electrons. The maximum atomic E-state index is 12.2. The average Bonchev–Trinajstić information content (AvgIpc) is 2.69. The Bertz CT molecular complexity index is 592. The van der Waals surface area contributed by atoms with Gasteiger partial charge in [0, 0.05) is 5.75 Å². The lowest BCUT2D eigenvalue weighted by Crippen LogP contribution is -2.03. The number of hydrogen-bond acceptors (Lipinski definition) is 3. The van der Waals surface area contributed by atoms with Crippen LogP contribution in [0.1, 0.15) is 48.2 Å². The van der Waals surface area contributed by atoms with Gasteiger partial charge in [-0.05, 0) is 48.1 Å². The van der Waals surface area contributed by atoms with Crippen molar-refractivity contribution in [1.29, 1.82) is 0 Å². The molecular weight excluding hydrogens is 280 g/mol. The molecule has 2 aliphatic rings. The normalized spacial score (nSPS) is 10.8. The van der Waals surface area contributed by atoms with E-state index in [9.17, 15) is 4.79 Å². The molecule has 0 saturated carbocycles. The van der Waals surface area contributed by atoms with Crippen LogP contribution in [0, 0.1) is 0 Å². The molecule has 0 fully saturated rings. The summed E-state index contributed by atoms with van der Waals surface area (Å²) in [5, 5.41) is 0. The standard InChI is InChI=1S/C18H22O2S/c1-3-5-6-14-11-17(18(19)20-4-2)16-10-8-13(12-21)7-9-15(14)16/h7-11,21H,3-6,12H2,1-2H3. The van der Waals surface area contributed by atoms with Crippen molar-refractivity contribution >= 4 is 18.6 Å². The van der Waals surface area contributed by atoms with Crippen molar-refractivity contribution in [2.45, 2.75) is 38.9 Å². The molecule has 3 heteroatoms. The SMILES string of the molecule is CCCCc1cc(C(=O)OCC)c2ccc(CS)ccc1-2. The topological polar surface area (TPSA) is 26.3 Å². The molecule has 0 aromatic rings. The molecule has 21 heavy (non-hydrogen) atoms. The highest BCUT2D eigenvalue weighted by Gasteiger charge is 2.20. The smallest absolute Gasteiger partial charge is 0.338 e. The number of hydrogen-bond donors (Lipinski definition) is 1. The molecule has 2 aliphatic carbocycles. The van der Waals surface area contributed by atoms with E-state index in [1.54, 1.807) is 0 Å². The van der Waals surface area contributed by atoms with Crippen LogP contribution in [0.5, 0.6) is 0 Å². The van der Waals surface area contributed by atoms with E-state index in [4.69, 9.17) is 4.74 Å². The van der Waals surface area contributed by atoms with Gasteiger partial charge in [-0.1, -0.05) is 37.6 Å². The van der Waals surface area contributed by atoms with Crippen molar-refractivity contribution in [2.75, 3.05) is 6.61 Å². The van der Waals surface area contributed by atoms with Gasteiger partial charge in [-0.2, -0.15) is 12.6 Å². The van der Waals surface area contributed by atoms with Gasteiger partial charge in [0.25, 0.3) is 0 Å². The number of rotatable bonds is 6. The Morgan fingerprint density at radius 2 is 1.86 bits per heavy atom. The molecule has 0 bridgehead atoms. The van der Waals surface area contributed by atoms with Crippen molar-refractivity contribution in [1.82, 2.24) is 0 Å². The number of aryl methyl sites for hydroxylation is 1. The first-order valence-corrected chi connectivity index (χ1v) is 8.17. The van der Waals surface area contributed by atoms with Crippen molar-refractivity contribution in [3.8, 4) is 11.1 Å². The highest BCUT2D eigenvalue weighted by molar-refractivity contribution is 7.79. The molecule has 0 aromatic heterocycles. The molecule has 0 spiro atoms. The van der Waals surface area contributed by atoms with Crippen molar-refractivity contribution < 1.29 is 9.53 Å². The summed E-state index contributed by atoms with van der Waals surface area (Å²) in [6.07, 6.45) is 3.26. The van der Waals surface area contributed by atoms with Crippen molar-refractivity contribution in [3.63, 3.8) is 0 Å². The molecule has 0 radical (unpaired) electrons. The van der Waals surface area contributed by atoms with E-state index in [1.807, 2.05) is 25.1 Å². The lowest BCUT2D eigenvalue weighted by molar-refractivity contribution is 0.0527. The molecule has 0 unspecified atom stereocenters. The maximum absolute atomic E-state index is 12.2. The summed E-state index contributed by atoms with van der Waals surface area (Å²) in [6, 6.07) is 10.2. The van der Waals surface area contributed by atoms with Crippen LogP contribution in [0.3, 0.4) is 0 Å². The zero-order valence-electron chi connectivity index (χ0n) is 12.7. The van der Waals surface area contributed by atoms with E-state index in [0.717, 1.165) is 36.0 Å². The van der Waals surface area contributed by atoms with Gasteiger partial charge in [-0.15, -0.1) is 0 Å². The number of ether oxygens (including phenoxy) is 1. The molecule has 0 saturated heterocycles. The Balaban J connectivity index is 2.50. The zero-order valence-corrected chi connectivity index (χ0v) is 13.6. The number of carbonyl (C=O) groups excluding carboxylic acids is 1. The van der Waals surface area contributed by atoms with Gasteiger partial charge in [-0.3, -0.25) is 0 Å². The van der Waals surface area contributed by atoms with E-state index in [-0.39, 0.29) is 5.97 Å². The van der Waals surface area contributed by atoms with E-state index >= 15 is 0 Å². The molecule has 0 amide bonds. The van der Waals surface area contributed by atoms with Gasteiger partial charge < -0.3 is 4.74 Å². The van der Waals surface area contributed by atoms with Gasteiger partial charge in [0.15, 0.2) is 0 Å². The minimum atomic E-state index is -0.233. The van der Waals surface area contributed by atoms with Gasteiger partial charge in [0.1, 0.15) is 0 Å². The lowest BCUT2D eigenvalue weighted by Gasteiger charge is -2.02. The predicted octanol–water partition coefficient (Wildman–Crippen LogP) is 4.74. The Kier molecular flexibility index (Phi) is 5.68. The van der Waals surface area contributed by atoms with E-state index in [2.05, 4.69) is 31.7 Å². The molecule has 0 N–H and O–H groups in total. The second kappa shape index (κ2) is 7.51. The number of fused-ring (bicyclic) bond motifs is 1. The van der Waals surface area contributed by atoms with Crippen LogP contribution >= 0.6 is 12.6 Å². The lowest BCUT2D eigenvalue weighted by atomic mass is 10.0. The number of esters is 1. The summed E-state index contributed by atoms with van der Waals surface area (Å²) in [6.45, 7) is 4.41. The van der Waals surface area contributed by atoms with E-state index in [1.165, 1.54) is 5.56 Å². The summed E-state index contributed by atoms with van der Waals surface area (Å²) in [5.41, 5.74) is 5.19. The predicted molar refractivity (Wildman–Crippen MR) is 90.3 cm³/mol. The largest absolute Gasteiger partial charge is 0.462 e. The molecule has 0 atom stereocenters. The van der Waals surface area contributed by atoms with Crippen LogP contribution in [-0.2, 0) is 16.9 Å². The average molecular weight is 302 g/mol. The summed E-state index contributed by atoms with van der Waals surface area (Å²) in [5.74, 6) is 0.458. The Hall–Kier alpha value is -1.48. The molecular formula is C18H22O2S. The quantitative estimate of drug-likeness (QED) is 0.616. The summed E-state index contributed by atoms with van der Waals surface area (Å²) >= 11 is 4.32. The zero-order chi connectivity index (χ0) is 15.2. The molecule has 0 aromatic carbocycles. The first kappa shape index (κ1) is 15.9. The number of carbonyl (C=O) groups is 1. The molecule has 0 aliphatic heterocycles. The summed E-state index contributed by atoms with van der Waals surface area (Å²) in [4.78, 5) is 12.2. The van der Waals surface area contributed by atoms with Crippen LogP contribution in [-0.4, -0.2) is 12.6 Å². The maximum Gasteiger partial charge on any atom is 0.338 e. The summed E-state index contributed by atoms with van der Waals surface area (Å²) < 4.78 is 5.19. The highest BCUT2D eigenvalue weighted by atomic mass is 32.1. The molecule has 0 heterocycles. The second-order valence-corrected chi connectivity index (χ2v) is 5.45. The summed E-state index contributed by atoms with van der Waals surface area (Å²) in [7, 11) is 0. The third kappa shape index (κ3) is 3.59. The number of unbranched alkanes of at least 4 members (excludes halogenated alkanes) is 1. The minimum absolute atomic E-state index is 0.233. The van der Waals surface area contributed by atoms with Crippen molar-refractivity contribution in [3.05, 3.63) is 47.0 Å². The second-order valence-electron chi connectivity index (χ2n) is 5.13. The van der Waals surface area contributed by atoms with Crippen molar-refractivity contribution in [2.24, 2.45) is 0 Å². The molecule has 2 nitrogen and oxygen atoms in total. The van der Waals surface area contributed by atoms with E-state index in [0.29, 0.717) is 17.9 Å². The third-order valence-electron chi connectivity index (χ3n) is 3.65. The van der Waals surface area contributed by atoms with Crippen LogP contribution in [0.4, 0.5) is 0 Å². The first-order chi connectivity index (χ1) is 10.2. The highest BCUT2D eigenvalue weighted by Crippen LogP contribution is 2.34. The fraction of sp³-hybridized carbons (Fsp3) is 0.389. The Morgan fingerprint density at radius 1 is 1.14 bits per heavy atom. The van der Waals surface area contributed by atoms with Gasteiger partial charge >= 0.3 is 5.97 Å². The molecule has 2 rings (SSSR count). The van der Waals surface area contributed by atoms with E-state index < -0.39 is 0 Å². The van der Waals surface area contributed by atoms with Gasteiger partial charge in [0.05, 0.1) is 12.2 Å².